The second kappa shape index (κ2) is 11.3. The predicted molar refractivity (Wildman–Crippen MR) is 110 cm³/mol. The maximum atomic E-state index is 13.3. The number of carbonyl (C=O) groups is 1. The Balaban J connectivity index is 0.00000312. The number of hydrogen-bond donors (Lipinski definition) is 2. The van der Waals surface area contributed by atoms with Crippen molar-refractivity contribution in [2.24, 2.45) is 10.9 Å². The first kappa shape index (κ1) is 21.7. The lowest BCUT2D eigenvalue weighted by atomic mass is 9.93. The monoisotopic (exact) mass is 462 g/mol. The summed E-state index contributed by atoms with van der Waals surface area (Å²) < 4.78 is 13.3. The van der Waals surface area contributed by atoms with Crippen LogP contribution in [0.25, 0.3) is 0 Å². The van der Waals surface area contributed by atoms with Crippen molar-refractivity contribution >= 4 is 35.8 Å². The van der Waals surface area contributed by atoms with E-state index in [1.807, 2.05) is 13.0 Å². The van der Waals surface area contributed by atoms with Crippen LogP contribution in [0, 0.1) is 11.7 Å². The first-order chi connectivity index (χ1) is 11.6. The Morgan fingerprint density at radius 1 is 1.36 bits per heavy atom. The molecule has 0 unspecified atom stereocenters. The highest BCUT2D eigenvalue weighted by Crippen LogP contribution is 2.20. The quantitative estimate of drug-likeness (QED) is 0.402. The van der Waals surface area contributed by atoms with Crippen molar-refractivity contribution in [1.29, 1.82) is 0 Å². The van der Waals surface area contributed by atoms with Gasteiger partial charge in [-0.05, 0) is 43.4 Å². The van der Waals surface area contributed by atoms with E-state index >= 15 is 0 Å². The number of carbonyl (C=O) groups excluding carboxylic acids is 1. The van der Waals surface area contributed by atoms with E-state index < -0.39 is 0 Å². The predicted octanol–water partition coefficient (Wildman–Crippen LogP) is 2.76. The van der Waals surface area contributed by atoms with Gasteiger partial charge in [0.25, 0.3) is 0 Å². The first-order valence-electron chi connectivity index (χ1n) is 8.60. The summed E-state index contributed by atoms with van der Waals surface area (Å²) in [6, 6.07) is 6.54. The molecule has 0 aromatic heterocycles. The molecule has 1 heterocycles. The number of benzene rings is 1. The topological polar surface area (TPSA) is 56.7 Å². The summed E-state index contributed by atoms with van der Waals surface area (Å²) in [6.45, 7) is 5.06. The Labute approximate surface area is 166 Å². The first-order valence-corrected chi connectivity index (χ1v) is 8.60. The summed E-state index contributed by atoms with van der Waals surface area (Å²) in [5.41, 5.74) is 0.861. The average molecular weight is 462 g/mol. The molecule has 7 heteroatoms. The fourth-order valence-electron chi connectivity index (χ4n) is 2.94. The molecule has 1 amide bonds. The Morgan fingerprint density at radius 3 is 2.68 bits per heavy atom. The standard InChI is InChI=1S/C18H27FN4O.HI/c1-3-21-18(22-13-15-5-4-6-16(19)11-15)23-9-7-14(8-10-23)12-17(24)20-2;/h4-6,11,14H,3,7-10,12-13H2,1-2H3,(H,20,24)(H,21,22);1H. The minimum atomic E-state index is -0.234. The molecule has 0 atom stereocenters. The second-order valence-electron chi connectivity index (χ2n) is 6.11. The molecule has 25 heavy (non-hydrogen) atoms. The van der Waals surface area contributed by atoms with E-state index in [4.69, 9.17) is 0 Å². The maximum Gasteiger partial charge on any atom is 0.220 e. The van der Waals surface area contributed by atoms with Gasteiger partial charge in [0.2, 0.25) is 5.91 Å². The summed E-state index contributed by atoms with van der Waals surface area (Å²) in [5.74, 6) is 1.18. The molecule has 0 spiro atoms. The summed E-state index contributed by atoms with van der Waals surface area (Å²) >= 11 is 0. The molecule has 0 aliphatic carbocycles. The number of amides is 1. The molecule has 1 aliphatic rings. The molecule has 1 aliphatic heterocycles. The molecule has 2 rings (SSSR count). The van der Waals surface area contributed by atoms with E-state index in [2.05, 4.69) is 20.5 Å². The van der Waals surface area contributed by atoms with E-state index in [0.717, 1.165) is 44.0 Å². The lowest BCUT2D eigenvalue weighted by Crippen LogP contribution is -2.46. The number of piperidine rings is 1. The minimum Gasteiger partial charge on any atom is -0.359 e. The molecule has 2 N–H and O–H groups in total. The van der Waals surface area contributed by atoms with Gasteiger partial charge in [-0.1, -0.05) is 12.1 Å². The zero-order chi connectivity index (χ0) is 17.4. The van der Waals surface area contributed by atoms with Gasteiger partial charge in [-0.2, -0.15) is 0 Å². The van der Waals surface area contributed by atoms with Gasteiger partial charge in [0.05, 0.1) is 6.54 Å². The van der Waals surface area contributed by atoms with Crippen molar-refractivity contribution < 1.29 is 9.18 Å². The molecular weight excluding hydrogens is 434 g/mol. The van der Waals surface area contributed by atoms with Crippen LogP contribution in [-0.4, -0.2) is 43.4 Å². The van der Waals surface area contributed by atoms with Crippen molar-refractivity contribution in [2.75, 3.05) is 26.7 Å². The lowest BCUT2D eigenvalue weighted by molar-refractivity contribution is -0.121. The molecule has 0 radical (unpaired) electrons. The maximum absolute atomic E-state index is 13.3. The van der Waals surface area contributed by atoms with Gasteiger partial charge in [-0.25, -0.2) is 9.38 Å². The number of halogens is 2. The van der Waals surface area contributed by atoms with Crippen LogP contribution in [0.15, 0.2) is 29.3 Å². The van der Waals surface area contributed by atoms with Gasteiger partial charge >= 0.3 is 0 Å². The molecule has 1 aromatic carbocycles. The number of rotatable bonds is 5. The van der Waals surface area contributed by atoms with Crippen molar-refractivity contribution in [3.05, 3.63) is 35.6 Å². The van der Waals surface area contributed by atoms with E-state index in [-0.39, 0.29) is 35.7 Å². The van der Waals surface area contributed by atoms with Gasteiger partial charge in [0.15, 0.2) is 5.96 Å². The van der Waals surface area contributed by atoms with Crippen LogP contribution in [0.2, 0.25) is 0 Å². The molecular formula is C18H28FIN4O. The third kappa shape index (κ3) is 7.17. The molecule has 1 aromatic rings. The van der Waals surface area contributed by atoms with E-state index in [1.165, 1.54) is 12.1 Å². The molecule has 0 saturated carbocycles. The van der Waals surface area contributed by atoms with E-state index in [0.29, 0.717) is 18.9 Å². The zero-order valence-corrected chi connectivity index (χ0v) is 17.3. The smallest absolute Gasteiger partial charge is 0.220 e. The Bertz CT molecular complexity index is 574. The zero-order valence-electron chi connectivity index (χ0n) is 14.9. The highest BCUT2D eigenvalue weighted by molar-refractivity contribution is 14.0. The van der Waals surface area contributed by atoms with Crippen LogP contribution in [0.3, 0.4) is 0 Å². The summed E-state index contributed by atoms with van der Waals surface area (Å²) in [5, 5.41) is 6.00. The number of nitrogens with one attached hydrogen (secondary N) is 2. The highest BCUT2D eigenvalue weighted by Gasteiger charge is 2.22. The Kier molecular flexibility index (Phi) is 9.77. The van der Waals surface area contributed by atoms with Gasteiger partial charge in [0.1, 0.15) is 5.82 Å². The summed E-state index contributed by atoms with van der Waals surface area (Å²) in [7, 11) is 1.68. The van der Waals surface area contributed by atoms with Gasteiger partial charge in [0, 0.05) is 33.1 Å². The van der Waals surface area contributed by atoms with Crippen molar-refractivity contribution in [3.8, 4) is 0 Å². The van der Waals surface area contributed by atoms with Crippen molar-refractivity contribution in [2.45, 2.75) is 32.7 Å². The van der Waals surface area contributed by atoms with E-state index in [9.17, 15) is 9.18 Å². The number of likely N-dealkylation sites (tertiary alicyclic amines) is 1. The normalized spacial score (nSPS) is 15.5. The van der Waals surface area contributed by atoms with Gasteiger partial charge in [-0.15, -0.1) is 24.0 Å². The second-order valence-corrected chi connectivity index (χ2v) is 6.11. The number of nitrogens with zero attached hydrogens (tertiary/aromatic N) is 2. The number of hydrogen-bond acceptors (Lipinski definition) is 2. The van der Waals surface area contributed by atoms with Crippen LogP contribution in [-0.2, 0) is 11.3 Å². The van der Waals surface area contributed by atoms with Gasteiger partial charge < -0.3 is 15.5 Å². The third-order valence-corrected chi connectivity index (χ3v) is 4.30. The molecule has 140 valence electrons. The van der Waals surface area contributed by atoms with Crippen LogP contribution in [0.5, 0.6) is 0 Å². The van der Waals surface area contributed by atoms with Gasteiger partial charge in [-0.3, -0.25) is 4.79 Å². The van der Waals surface area contributed by atoms with Crippen molar-refractivity contribution in [1.82, 2.24) is 15.5 Å². The van der Waals surface area contributed by atoms with Crippen molar-refractivity contribution in [3.63, 3.8) is 0 Å². The largest absolute Gasteiger partial charge is 0.359 e. The fraction of sp³-hybridized carbons (Fsp3) is 0.556. The van der Waals surface area contributed by atoms with E-state index in [1.54, 1.807) is 13.1 Å². The summed E-state index contributed by atoms with van der Waals surface area (Å²) in [6.07, 6.45) is 2.57. The Morgan fingerprint density at radius 2 is 2.08 bits per heavy atom. The molecule has 1 fully saturated rings. The summed E-state index contributed by atoms with van der Waals surface area (Å²) in [4.78, 5) is 18.4. The SMILES string of the molecule is CCNC(=NCc1cccc(F)c1)N1CCC(CC(=O)NC)CC1.I. The minimum absolute atomic E-state index is 0. The lowest BCUT2D eigenvalue weighted by Gasteiger charge is -2.34. The molecule has 5 nitrogen and oxygen atoms in total. The fourth-order valence-corrected chi connectivity index (χ4v) is 2.94. The van der Waals surface area contributed by atoms with Crippen LogP contribution in [0.4, 0.5) is 4.39 Å². The third-order valence-electron chi connectivity index (χ3n) is 4.30. The average Bonchev–Trinajstić information content (AvgIpc) is 2.59. The van der Waals surface area contributed by atoms with Crippen LogP contribution in [0.1, 0.15) is 31.7 Å². The molecule has 1 saturated heterocycles. The Hall–Kier alpha value is -1.38. The van der Waals surface area contributed by atoms with Crippen LogP contribution >= 0.6 is 24.0 Å². The highest BCUT2D eigenvalue weighted by atomic mass is 127. The van der Waals surface area contributed by atoms with Crippen LogP contribution < -0.4 is 10.6 Å². The molecule has 0 bridgehead atoms. The number of aliphatic imine (C=N–C) groups is 1. The number of guanidine groups is 1.